The van der Waals surface area contributed by atoms with Crippen LogP contribution in [0.5, 0.6) is 0 Å². The molecule has 1 aliphatic heterocycles. The lowest BCUT2D eigenvalue weighted by Gasteiger charge is -2.32. The standard InChI is InChI=1S/C20H20N4O2/c1-23-9-11-24(12-10-23)20-21-13-17(18(22-20)19(25)26)16-8-4-6-14-5-2-3-7-15(14)16/h2-8,13H,9-12H2,1H3,(H,25,26). The molecular formula is C20H20N4O2. The van der Waals surface area contributed by atoms with Crippen molar-refractivity contribution in [3.8, 4) is 11.1 Å². The van der Waals surface area contributed by atoms with Crippen molar-refractivity contribution >= 4 is 22.7 Å². The summed E-state index contributed by atoms with van der Waals surface area (Å²) in [5.41, 5.74) is 1.43. The highest BCUT2D eigenvalue weighted by Crippen LogP contribution is 2.31. The van der Waals surface area contributed by atoms with Crippen LogP contribution in [0.4, 0.5) is 5.95 Å². The van der Waals surface area contributed by atoms with Gasteiger partial charge in [0.15, 0.2) is 5.69 Å². The second kappa shape index (κ2) is 6.72. The van der Waals surface area contributed by atoms with Gasteiger partial charge in [0.1, 0.15) is 0 Å². The molecule has 2 heterocycles. The Balaban J connectivity index is 1.80. The van der Waals surface area contributed by atoms with Crippen molar-refractivity contribution in [2.45, 2.75) is 0 Å². The van der Waals surface area contributed by atoms with Gasteiger partial charge in [-0.05, 0) is 23.4 Å². The molecule has 3 aromatic rings. The predicted molar refractivity (Wildman–Crippen MR) is 102 cm³/mol. The third kappa shape index (κ3) is 2.99. The number of carbonyl (C=O) groups is 1. The SMILES string of the molecule is CN1CCN(c2ncc(-c3cccc4ccccc34)c(C(=O)O)n2)CC1. The molecule has 0 atom stereocenters. The van der Waals surface area contributed by atoms with Crippen molar-refractivity contribution in [2.24, 2.45) is 0 Å². The summed E-state index contributed by atoms with van der Waals surface area (Å²) in [4.78, 5) is 25.1. The molecule has 4 rings (SSSR count). The summed E-state index contributed by atoms with van der Waals surface area (Å²) in [6.45, 7) is 3.42. The molecule has 0 spiro atoms. The summed E-state index contributed by atoms with van der Waals surface area (Å²) in [6.07, 6.45) is 1.64. The van der Waals surface area contributed by atoms with E-state index in [0.29, 0.717) is 11.5 Å². The van der Waals surface area contributed by atoms with Gasteiger partial charge in [0.05, 0.1) is 0 Å². The summed E-state index contributed by atoms with van der Waals surface area (Å²) in [6, 6.07) is 13.8. The molecule has 132 valence electrons. The maximum Gasteiger partial charge on any atom is 0.355 e. The summed E-state index contributed by atoms with van der Waals surface area (Å²) in [5, 5.41) is 11.8. The van der Waals surface area contributed by atoms with Gasteiger partial charge < -0.3 is 14.9 Å². The van der Waals surface area contributed by atoms with E-state index in [2.05, 4.69) is 21.9 Å². The Bertz CT molecular complexity index is 960. The van der Waals surface area contributed by atoms with Gasteiger partial charge in [-0.1, -0.05) is 42.5 Å². The summed E-state index contributed by atoms with van der Waals surface area (Å²) < 4.78 is 0. The molecule has 1 aromatic heterocycles. The summed E-state index contributed by atoms with van der Waals surface area (Å²) in [5.74, 6) is -0.551. The molecular weight excluding hydrogens is 328 g/mol. The van der Waals surface area contributed by atoms with Crippen LogP contribution < -0.4 is 4.90 Å². The van der Waals surface area contributed by atoms with Crippen LogP contribution in [-0.2, 0) is 0 Å². The molecule has 1 fully saturated rings. The first kappa shape index (κ1) is 16.5. The Morgan fingerprint density at radius 2 is 1.73 bits per heavy atom. The normalized spacial score (nSPS) is 15.3. The highest BCUT2D eigenvalue weighted by molar-refractivity contribution is 6.02. The Kier molecular flexibility index (Phi) is 4.26. The predicted octanol–water partition coefficient (Wildman–Crippen LogP) is 2.75. The molecule has 0 radical (unpaired) electrons. The van der Waals surface area contributed by atoms with Crippen LogP contribution in [0.2, 0.25) is 0 Å². The van der Waals surface area contributed by atoms with Gasteiger partial charge in [0.25, 0.3) is 0 Å². The quantitative estimate of drug-likeness (QED) is 0.785. The number of aromatic nitrogens is 2. The molecule has 2 aromatic carbocycles. The molecule has 0 saturated carbocycles. The molecule has 1 saturated heterocycles. The number of rotatable bonds is 3. The van der Waals surface area contributed by atoms with Crippen molar-refractivity contribution < 1.29 is 9.90 Å². The minimum absolute atomic E-state index is 0.0466. The smallest absolute Gasteiger partial charge is 0.355 e. The van der Waals surface area contributed by atoms with Crippen LogP contribution in [0, 0.1) is 0 Å². The lowest BCUT2D eigenvalue weighted by molar-refractivity contribution is 0.0691. The van der Waals surface area contributed by atoms with Gasteiger partial charge >= 0.3 is 5.97 Å². The zero-order valence-corrected chi connectivity index (χ0v) is 14.6. The molecule has 0 unspecified atom stereocenters. The van der Waals surface area contributed by atoms with Crippen molar-refractivity contribution in [1.29, 1.82) is 0 Å². The number of hydrogen-bond acceptors (Lipinski definition) is 5. The topological polar surface area (TPSA) is 69.6 Å². The van der Waals surface area contributed by atoms with E-state index >= 15 is 0 Å². The Labute approximate surface area is 151 Å². The number of likely N-dealkylation sites (N-methyl/N-ethyl adjacent to an activating group) is 1. The number of aromatic carboxylic acids is 1. The first-order valence-corrected chi connectivity index (χ1v) is 8.65. The molecule has 0 aliphatic carbocycles. The van der Waals surface area contributed by atoms with E-state index < -0.39 is 5.97 Å². The van der Waals surface area contributed by atoms with E-state index in [1.807, 2.05) is 47.4 Å². The van der Waals surface area contributed by atoms with E-state index in [1.165, 1.54) is 0 Å². The molecule has 0 amide bonds. The lowest BCUT2D eigenvalue weighted by atomic mass is 9.98. The average Bonchev–Trinajstić information content (AvgIpc) is 2.68. The van der Waals surface area contributed by atoms with Crippen molar-refractivity contribution in [2.75, 3.05) is 38.1 Å². The number of nitrogens with zero attached hydrogens (tertiary/aromatic N) is 4. The lowest BCUT2D eigenvalue weighted by Crippen LogP contribution is -2.45. The van der Waals surface area contributed by atoms with Crippen LogP contribution in [0.3, 0.4) is 0 Å². The average molecular weight is 348 g/mol. The van der Waals surface area contributed by atoms with Crippen LogP contribution in [-0.4, -0.2) is 59.2 Å². The maximum atomic E-state index is 11.9. The van der Waals surface area contributed by atoms with Crippen molar-refractivity contribution in [1.82, 2.24) is 14.9 Å². The first-order chi connectivity index (χ1) is 12.6. The molecule has 26 heavy (non-hydrogen) atoms. The molecule has 0 bridgehead atoms. The second-order valence-corrected chi connectivity index (χ2v) is 6.55. The van der Waals surface area contributed by atoms with E-state index in [4.69, 9.17) is 0 Å². The number of piperazine rings is 1. The third-order valence-electron chi connectivity index (χ3n) is 4.84. The number of fused-ring (bicyclic) bond motifs is 1. The van der Waals surface area contributed by atoms with Crippen LogP contribution in [0.15, 0.2) is 48.7 Å². The largest absolute Gasteiger partial charge is 0.476 e. The molecule has 6 heteroatoms. The molecule has 1 aliphatic rings. The maximum absolute atomic E-state index is 11.9. The number of carboxylic acid groups (broad SMARTS) is 1. The van der Waals surface area contributed by atoms with E-state index in [1.54, 1.807) is 6.20 Å². The fraction of sp³-hybridized carbons (Fsp3) is 0.250. The van der Waals surface area contributed by atoms with Gasteiger partial charge in [0, 0.05) is 37.9 Å². The number of anilines is 1. The van der Waals surface area contributed by atoms with Crippen LogP contribution in [0.1, 0.15) is 10.5 Å². The number of hydrogen-bond donors (Lipinski definition) is 1. The monoisotopic (exact) mass is 348 g/mol. The Hall–Kier alpha value is -2.99. The number of carboxylic acids is 1. The minimum atomic E-state index is -1.04. The molecule has 6 nitrogen and oxygen atoms in total. The summed E-state index contributed by atoms with van der Waals surface area (Å²) >= 11 is 0. The summed E-state index contributed by atoms with van der Waals surface area (Å²) in [7, 11) is 2.07. The highest BCUT2D eigenvalue weighted by atomic mass is 16.4. The van der Waals surface area contributed by atoms with E-state index in [-0.39, 0.29) is 5.69 Å². The Morgan fingerprint density at radius 3 is 2.50 bits per heavy atom. The zero-order chi connectivity index (χ0) is 18.1. The highest BCUT2D eigenvalue weighted by Gasteiger charge is 2.21. The zero-order valence-electron chi connectivity index (χ0n) is 14.6. The van der Waals surface area contributed by atoms with Gasteiger partial charge in [-0.15, -0.1) is 0 Å². The van der Waals surface area contributed by atoms with Crippen LogP contribution >= 0.6 is 0 Å². The third-order valence-corrected chi connectivity index (χ3v) is 4.84. The van der Waals surface area contributed by atoms with Gasteiger partial charge in [-0.25, -0.2) is 14.8 Å². The van der Waals surface area contributed by atoms with E-state index in [0.717, 1.165) is 42.5 Å². The first-order valence-electron chi connectivity index (χ1n) is 8.65. The fourth-order valence-corrected chi connectivity index (χ4v) is 3.35. The fourth-order valence-electron chi connectivity index (χ4n) is 3.35. The Morgan fingerprint density at radius 1 is 1.00 bits per heavy atom. The van der Waals surface area contributed by atoms with E-state index in [9.17, 15) is 9.90 Å². The van der Waals surface area contributed by atoms with Crippen molar-refractivity contribution in [3.05, 3.63) is 54.4 Å². The molecule has 1 N–H and O–H groups in total. The van der Waals surface area contributed by atoms with Gasteiger partial charge in [-0.2, -0.15) is 0 Å². The number of benzene rings is 2. The van der Waals surface area contributed by atoms with Crippen molar-refractivity contribution in [3.63, 3.8) is 0 Å². The second-order valence-electron chi connectivity index (χ2n) is 6.55. The van der Waals surface area contributed by atoms with Crippen LogP contribution in [0.25, 0.3) is 21.9 Å². The minimum Gasteiger partial charge on any atom is -0.476 e. The van der Waals surface area contributed by atoms with Gasteiger partial charge in [0.2, 0.25) is 5.95 Å². The van der Waals surface area contributed by atoms with Gasteiger partial charge in [-0.3, -0.25) is 0 Å².